The average Bonchev–Trinajstić information content (AvgIpc) is 2.38. The topological polar surface area (TPSA) is 29.3 Å². The lowest BCUT2D eigenvalue weighted by Crippen LogP contribution is -2.17. The fourth-order valence-electron chi connectivity index (χ4n) is 1.99. The third-order valence-electron chi connectivity index (χ3n) is 3.08. The second-order valence-corrected chi connectivity index (χ2v) is 5.17. The number of alkyl halides is 3. The molecule has 2 nitrogen and oxygen atoms in total. The second-order valence-electron chi connectivity index (χ2n) is 4.76. The van der Waals surface area contributed by atoms with Crippen molar-refractivity contribution in [2.45, 2.75) is 12.7 Å². The van der Waals surface area contributed by atoms with Crippen LogP contribution in [0.3, 0.4) is 0 Å². The number of nitrogen functional groups attached to an aromatic ring is 1. The molecule has 0 atom stereocenters. The van der Waals surface area contributed by atoms with Gasteiger partial charge in [-0.3, -0.25) is 0 Å². The number of hydrogen-bond acceptors (Lipinski definition) is 2. The Hall–Kier alpha value is -1.88. The fourth-order valence-corrected chi connectivity index (χ4v) is 2.32. The zero-order chi connectivity index (χ0) is 15.6. The van der Waals surface area contributed by atoms with Crippen LogP contribution in [0.2, 0.25) is 5.02 Å². The smallest absolute Gasteiger partial charge is 0.399 e. The molecule has 0 heterocycles. The summed E-state index contributed by atoms with van der Waals surface area (Å²) in [6, 6.07) is 10.2. The van der Waals surface area contributed by atoms with Crippen LogP contribution in [0.25, 0.3) is 0 Å². The quantitative estimate of drug-likeness (QED) is 0.840. The minimum absolute atomic E-state index is 0.446. The monoisotopic (exact) mass is 314 g/mol. The molecule has 6 heteroatoms. The van der Waals surface area contributed by atoms with Gasteiger partial charge in [0, 0.05) is 19.3 Å². The fraction of sp³-hybridized carbons (Fsp3) is 0.200. The van der Waals surface area contributed by atoms with Crippen LogP contribution in [0.5, 0.6) is 0 Å². The lowest BCUT2D eigenvalue weighted by Gasteiger charge is -2.21. The molecule has 0 amide bonds. The average molecular weight is 315 g/mol. The first-order valence-corrected chi connectivity index (χ1v) is 6.57. The van der Waals surface area contributed by atoms with E-state index in [0.717, 1.165) is 23.4 Å². The van der Waals surface area contributed by atoms with Gasteiger partial charge in [0.1, 0.15) is 0 Å². The summed E-state index contributed by atoms with van der Waals surface area (Å²) in [5, 5.41) is 0.504. The van der Waals surface area contributed by atoms with E-state index < -0.39 is 11.7 Å². The molecule has 21 heavy (non-hydrogen) atoms. The van der Waals surface area contributed by atoms with E-state index >= 15 is 0 Å². The van der Waals surface area contributed by atoms with Crippen molar-refractivity contribution in [3.8, 4) is 0 Å². The van der Waals surface area contributed by atoms with Crippen molar-refractivity contribution in [2.75, 3.05) is 17.7 Å². The van der Waals surface area contributed by atoms with E-state index in [-0.39, 0.29) is 0 Å². The Kier molecular flexibility index (Phi) is 4.32. The van der Waals surface area contributed by atoms with Crippen molar-refractivity contribution in [3.05, 3.63) is 58.6 Å². The third-order valence-corrected chi connectivity index (χ3v) is 3.39. The predicted molar refractivity (Wildman–Crippen MR) is 79.4 cm³/mol. The third kappa shape index (κ3) is 3.82. The molecule has 0 radical (unpaired) electrons. The summed E-state index contributed by atoms with van der Waals surface area (Å²) < 4.78 is 37.5. The van der Waals surface area contributed by atoms with Gasteiger partial charge in [-0.2, -0.15) is 13.2 Å². The van der Waals surface area contributed by atoms with Crippen LogP contribution in [0, 0.1) is 0 Å². The van der Waals surface area contributed by atoms with Gasteiger partial charge in [-0.05, 0) is 35.9 Å². The van der Waals surface area contributed by atoms with Crippen molar-refractivity contribution in [3.63, 3.8) is 0 Å². The van der Waals surface area contributed by atoms with E-state index in [0.29, 0.717) is 17.3 Å². The molecule has 112 valence electrons. The molecule has 0 saturated carbocycles. The van der Waals surface area contributed by atoms with Gasteiger partial charge in [-0.1, -0.05) is 23.7 Å². The molecular weight excluding hydrogens is 301 g/mol. The van der Waals surface area contributed by atoms with Gasteiger partial charge in [-0.15, -0.1) is 0 Å². The summed E-state index contributed by atoms with van der Waals surface area (Å²) in [5.74, 6) is 0. The van der Waals surface area contributed by atoms with Gasteiger partial charge in [0.2, 0.25) is 0 Å². The van der Waals surface area contributed by atoms with Crippen LogP contribution >= 0.6 is 11.6 Å². The highest BCUT2D eigenvalue weighted by molar-refractivity contribution is 6.33. The van der Waals surface area contributed by atoms with E-state index in [1.165, 1.54) is 12.1 Å². The van der Waals surface area contributed by atoms with Crippen LogP contribution in [-0.4, -0.2) is 7.05 Å². The summed E-state index contributed by atoms with van der Waals surface area (Å²) in [4.78, 5) is 1.85. The van der Waals surface area contributed by atoms with E-state index in [1.807, 2.05) is 11.9 Å². The van der Waals surface area contributed by atoms with E-state index in [2.05, 4.69) is 0 Å². The number of anilines is 2. The van der Waals surface area contributed by atoms with Gasteiger partial charge in [0.15, 0.2) is 0 Å². The minimum atomic E-state index is -4.31. The molecule has 0 aliphatic heterocycles. The zero-order valence-corrected chi connectivity index (χ0v) is 12.0. The number of benzene rings is 2. The van der Waals surface area contributed by atoms with Gasteiger partial charge in [-0.25, -0.2) is 0 Å². The van der Waals surface area contributed by atoms with Crippen LogP contribution in [-0.2, 0) is 12.7 Å². The van der Waals surface area contributed by atoms with Gasteiger partial charge in [0.05, 0.1) is 16.3 Å². The van der Waals surface area contributed by atoms with Gasteiger partial charge >= 0.3 is 6.18 Å². The summed E-state index contributed by atoms with van der Waals surface area (Å²) in [5.41, 5.74) is 7.07. The number of nitrogens with zero attached hydrogens (tertiary/aromatic N) is 1. The molecule has 2 aromatic rings. The maximum Gasteiger partial charge on any atom is 0.416 e. The Morgan fingerprint density at radius 3 is 2.24 bits per heavy atom. The Labute approximate surface area is 125 Å². The highest BCUT2D eigenvalue weighted by Gasteiger charge is 2.29. The minimum Gasteiger partial charge on any atom is -0.399 e. The molecule has 0 aromatic heterocycles. The summed E-state index contributed by atoms with van der Waals surface area (Å²) in [7, 11) is 1.81. The van der Waals surface area contributed by atoms with E-state index in [1.54, 1.807) is 18.2 Å². The molecule has 0 aliphatic carbocycles. The Balaban J connectivity index is 2.14. The number of halogens is 4. The molecule has 0 spiro atoms. The standard InChI is InChI=1S/C15H14ClF3N2/c1-21(14-7-6-12(20)8-13(14)16)9-10-2-4-11(5-3-10)15(17,18)19/h2-8H,9,20H2,1H3. The SMILES string of the molecule is CN(Cc1ccc(C(F)(F)F)cc1)c1ccc(N)cc1Cl. The highest BCUT2D eigenvalue weighted by atomic mass is 35.5. The Morgan fingerprint density at radius 2 is 1.71 bits per heavy atom. The lowest BCUT2D eigenvalue weighted by molar-refractivity contribution is -0.137. The van der Waals surface area contributed by atoms with Crippen molar-refractivity contribution in [2.24, 2.45) is 0 Å². The van der Waals surface area contributed by atoms with E-state index in [4.69, 9.17) is 17.3 Å². The van der Waals surface area contributed by atoms with Crippen LogP contribution < -0.4 is 10.6 Å². The normalized spacial score (nSPS) is 11.5. The zero-order valence-electron chi connectivity index (χ0n) is 11.3. The van der Waals surface area contributed by atoms with Crippen LogP contribution in [0.15, 0.2) is 42.5 Å². The van der Waals surface area contributed by atoms with Crippen molar-refractivity contribution >= 4 is 23.0 Å². The van der Waals surface area contributed by atoms with Crippen molar-refractivity contribution in [1.82, 2.24) is 0 Å². The molecule has 0 bridgehead atoms. The molecule has 2 N–H and O–H groups in total. The Morgan fingerprint density at radius 1 is 1.10 bits per heavy atom. The maximum absolute atomic E-state index is 12.5. The molecule has 0 fully saturated rings. The summed E-state index contributed by atoms with van der Waals surface area (Å²) in [6.45, 7) is 0.446. The first-order chi connectivity index (χ1) is 9.77. The molecule has 0 unspecified atom stereocenters. The van der Waals surface area contributed by atoms with E-state index in [9.17, 15) is 13.2 Å². The largest absolute Gasteiger partial charge is 0.416 e. The first kappa shape index (κ1) is 15.5. The first-order valence-electron chi connectivity index (χ1n) is 6.19. The molecule has 2 rings (SSSR count). The summed E-state index contributed by atoms with van der Waals surface area (Å²) in [6.07, 6.45) is -4.31. The number of nitrogens with two attached hydrogens (primary N) is 1. The Bertz CT molecular complexity index is 624. The predicted octanol–water partition coefficient (Wildman–Crippen LogP) is 4.58. The lowest BCUT2D eigenvalue weighted by atomic mass is 10.1. The van der Waals surface area contributed by atoms with Crippen molar-refractivity contribution in [1.29, 1.82) is 0 Å². The maximum atomic E-state index is 12.5. The molecule has 0 saturated heterocycles. The highest BCUT2D eigenvalue weighted by Crippen LogP contribution is 2.30. The number of hydrogen-bond donors (Lipinski definition) is 1. The van der Waals surface area contributed by atoms with Gasteiger partial charge in [0.25, 0.3) is 0 Å². The van der Waals surface area contributed by atoms with Crippen LogP contribution in [0.1, 0.15) is 11.1 Å². The molecular formula is C15H14ClF3N2. The van der Waals surface area contributed by atoms with Crippen molar-refractivity contribution < 1.29 is 13.2 Å². The molecule has 0 aliphatic rings. The molecule has 2 aromatic carbocycles. The van der Waals surface area contributed by atoms with Gasteiger partial charge < -0.3 is 10.6 Å². The van der Waals surface area contributed by atoms with Crippen LogP contribution in [0.4, 0.5) is 24.5 Å². The second kappa shape index (κ2) is 5.85. The summed E-state index contributed by atoms with van der Waals surface area (Å²) >= 11 is 6.11. The number of rotatable bonds is 3.